The average Bonchev–Trinajstić information content (AvgIpc) is 2.38. The number of benzene rings is 1. The van der Waals surface area contributed by atoms with E-state index in [1.165, 1.54) is 5.56 Å². The molecule has 3 nitrogen and oxygen atoms in total. The van der Waals surface area contributed by atoms with Gasteiger partial charge >= 0.3 is 0 Å². The molecule has 5 heteroatoms. The monoisotopic (exact) mass is 342 g/mol. The van der Waals surface area contributed by atoms with Gasteiger partial charge in [0.05, 0.1) is 0 Å². The lowest BCUT2D eigenvalue weighted by Gasteiger charge is -2.31. The van der Waals surface area contributed by atoms with Gasteiger partial charge in [0.1, 0.15) is 5.50 Å². The molecule has 1 amide bonds. The molecule has 1 aromatic rings. The molecule has 2 rings (SSSR count). The van der Waals surface area contributed by atoms with Crippen molar-refractivity contribution in [3.8, 4) is 0 Å². The Bertz CT molecular complexity index is 424. The van der Waals surface area contributed by atoms with Crippen LogP contribution < -0.4 is 10.6 Å². The van der Waals surface area contributed by atoms with Crippen molar-refractivity contribution in [1.82, 2.24) is 10.6 Å². The molecule has 2 atom stereocenters. The van der Waals surface area contributed by atoms with Gasteiger partial charge in [-0.05, 0) is 24.1 Å². The summed E-state index contributed by atoms with van der Waals surface area (Å²) in [4.78, 5) is 11.6. The molecule has 0 saturated carbocycles. The predicted molar refractivity (Wildman–Crippen MR) is 83.8 cm³/mol. The van der Waals surface area contributed by atoms with E-state index < -0.39 is 0 Å². The van der Waals surface area contributed by atoms with Crippen molar-refractivity contribution >= 4 is 33.6 Å². The third-order valence-electron chi connectivity index (χ3n) is 3.08. The molecule has 2 N–H and O–H groups in total. The van der Waals surface area contributed by atoms with Gasteiger partial charge in [-0.15, -0.1) is 11.8 Å². The number of carbonyl (C=O) groups excluding carboxylic acids is 1. The van der Waals surface area contributed by atoms with Crippen LogP contribution in [0.3, 0.4) is 0 Å². The normalized spacial score (nSPS) is 23.2. The first-order valence-corrected chi connectivity index (χ1v) is 8.43. The Morgan fingerprint density at radius 3 is 2.79 bits per heavy atom. The molecule has 1 fully saturated rings. The third-order valence-corrected chi connectivity index (χ3v) is 4.69. The van der Waals surface area contributed by atoms with Crippen LogP contribution in [-0.4, -0.2) is 17.4 Å². The Kier molecular flexibility index (Phi) is 5.73. The molecule has 1 saturated heterocycles. The van der Waals surface area contributed by atoms with E-state index in [4.69, 9.17) is 0 Å². The van der Waals surface area contributed by atoms with Crippen molar-refractivity contribution in [3.63, 3.8) is 0 Å². The largest absolute Gasteiger partial charge is 0.332 e. The van der Waals surface area contributed by atoms with Crippen LogP contribution in [0.4, 0.5) is 0 Å². The first-order valence-electron chi connectivity index (χ1n) is 6.59. The maximum Gasteiger partial charge on any atom is 0.223 e. The smallest absolute Gasteiger partial charge is 0.223 e. The topological polar surface area (TPSA) is 41.1 Å². The highest BCUT2D eigenvalue weighted by atomic mass is 79.9. The molecule has 1 aliphatic heterocycles. The Morgan fingerprint density at radius 1 is 1.37 bits per heavy atom. The summed E-state index contributed by atoms with van der Waals surface area (Å²) in [7, 11) is 0. The highest BCUT2D eigenvalue weighted by molar-refractivity contribution is 9.10. The van der Waals surface area contributed by atoms with Gasteiger partial charge in [-0.25, -0.2) is 0 Å². The molecule has 1 aromatic carbocycles. The number of halogens is 1. The standard InChI is InChI=1S/C14H19BrN2OS/c1-2-3-12-8-13(18)17-14(16-12)19-9-10-4-6-11(15)7-5-10/h4-7,12,14,16H,2-3,8-9H2,1H3,(H,17,18). The number of thioether (sulfide) groups is 1. The highest BCUT2D eigenvalue weighted by Crippen LogP contribution is 2.20. The number of hydrogen-bond acceptors (Lipinski definition) is 3. The van der Waals surface area contributed by atoms with Gasteiger partial charge in [0.25, 0.3) is 0 Å². The van der Waals surface area contributed by atoms with E-state index >= 15 is 0 Å². The fraction of sp³-hybridized carbons (Fsp3) is 0.500. The summed E-state index contributed by atoms with van der Waals surface area (Å²) >= 11 is 5.16. The molecule has 0 radical (unpaired) electrons. The number of amides is 1. The van der Waals surface area contributed by atoms with Crippen molar-refractivity contribution in [2.75, 3.05) is 0 Å². The zero-order valence-electron chi connectivity index (χ0n) is 11.0. The summed E-state index contributed by atoms with van der Waals surface area (Å²) in [5, 5.41) is 6.48. The van der Waals surface area contributed by atoms with Crippen LogP contribution in [0, 0.1) is 0 Å². The zero-order valence-corrected chi connectivity index (χ0v) is 13.4. The fourth-order valence-electron chi connectivity index (χ4n) is 2.13. The molecule has 1 aliphatic rings. The second kappa shape index (κ2) is 7.31. The highest BCUT2D eigenvalue weighted by Gasteiger charge is 2.24. The molecule has 0 bridgehead atoms. The fourth-order valence-corrected chi connectivity index (χ4v) is 3.45. The number of carbonyl (C=O) groups is 1. The van der Waals surface area contributed by atoms with Gasteiger partial charge in [-0.2, -0.15) is 0 Å². The molecule has 1 heterocycles. The summed E-state index contributed by atoms with van der Waals surface area (Å²) in [5.41, 5.74) is 1.29. The second-order valence-corrected chi connectivity index (χ2v) is 6.75. The molecule has 2 unspecified atom stereocenters. The minimum absolute atomic E-state index is 0.0291. The summed E-state index contributed by atoms with van der Waals surface area (Å²) in [6, 6.07) is 8.61. The lowest BCUT2D eigenvalue weighted by Crippen LogP contribution is -2.54. The zero-order chi connectivity index (χ0) is 13.7. The van der Waals surface area contributed by atoms with E-state index in [1.807, 2.05) is 12.1 Å². The van der Waals surface area contributed by atoms with E-state index in [9.17, 15) is 4.79 Å². The lowest BCUT2D eigenvalue weighted by atomic mass is 10.1. The minimum Gasteiger partial charge on any atom is -0.332 e. The van der Waals surface area contributed by atoms with Crippen LogP contribution in [0.2, 0.25) is 0 Å². The van der Waals surface area contributed by atoms with Crippen molar-refractivity contribution in [3.05, 3.63) is 34.3 Å². The van der Waals surface area contributed by atoms with Crippen LogP contribution >= 0.6 is 27.7 Å². The Hall–Kier alpha value is -0.520. The van der Waals surface area contributed by atoms with Gasteiger partial charge < -0.3 is 5.32 Å². The molecule has 0 aliphatic carbocycles. The van der Waals surface area contributed by atoms with E-state index in [-0.39, 0.29) is 11.4 Å². The van der Waals surface area contributed by atoms with Gasteiger partial charge in [-0.3, -0.25) is 10.1 Å². The molecule has 104 valence electrons. The van der Waals surface area contributed by atoms with E-state index in [0.29, 0.717) is 12.5 Å². The van der Waals surface area contributed by atoms with Crippen LogP contribution in [0.15, 0.2) is 28.7 Å². The first-order chi connectivity index (χ1) is 9.17. The van der Waals surface area contributed by atoms with Crippen LogP contribution in [0.5, 0.6) is 0 Å². The summed E-state index contributed by atoms with van der Waals surface area (Å²) in [6.45, 7) is 2.15. The van der Waals surface area contributed by atoms with Crippen molar-refractivity contribution in [2.45, 2.75) is 43.5 Å². The molecule has 0 spiro atoms. The molecule has 0 aromatic heterocycles. The summed E-state index contributed by atoms with van der Waals surface area (Å²) in [6.07, 6.45) is 2.76. The Balaban J connectivity index is 1.84. The maximum absolute atomic E-state index is 11.6. The maximum atomic E-state index is 11.6. The Labute approximate surface area is 127 Å². The van der Waals surface area contributed by atoms with Crippen molar-refractivity contribution in [2.24, 2.45) is 0 Å². The third kappa shape index (κ3) is 4.82. The van der Waals surface area contributed by atoms with Crippen molar-refractivity contribution in [1.29, 1.82) is 0 Å². The van der Waals surface area contributed by atoms with Gasteiger partial charge in [0, 0.05) is 22.7 Å². The van der Waals surface area contributed by atoms with E-state index in [2.05, 4.69) is 45.6 Å². The quantitative estimate of drug-likeness (QED) is 0.862. The summed E-state index contributed by atoms with van der Waals surface area (Å²) in [5.74, 6) is 1.05. The van der Waals surface area contributed by atoms with Gasteiger partial charge in [0.2, 0.25) is 5.91 Å². The average molecular weight is 343 g/mol. The molecular formula is C14H19BrN2OS. The first kappa shape index (κ1) is 14.9. The second-order valence-electron chi connectivity index (χ2n) is 4.74. The number of hydrogen-bond donors (Lipinski definition) is 2. The predicted octanol–water partition coefficient (Wildman–Crippen LogP) is 3.24. The summed E-state index contributed by atoms with van der Waals surface area (Å²) < 4.78 is 1.09. The van der Waals surface area contributed by atoms with Crippen LogP contribution in [0.25, 0.3) is 0 Å². The van der Waals surface area contributed by atoms with E-state index in [0.717, 1.165) is 23.1 Å². The minimum atomic E-state index is 0.0291. The van der Waals surface area contributed by atoms with Gasteiger partial charge in [0.15, 0.2) is 0 Å². The molecular weight excluding hydrogens is 324 g/mol. The van der Waals surface area contributed by atoms with E-state index in [1.54, 1.807) is 11.8 Å². The number of rotatable bonds is 5. The SMILES string of the molecule is CCCC1CC(=O)NC(SCc2ccc(Br)cc2)N1. The lowest BCUT2D eigenvalue weighted by molar-refractivity contribution is -0.123. The van der Waals surface area contributed by atoms with Crippen molar-refractivity contribution < 1.29 is 4.79 Å². The van der Waals surface area contributed by atoms with Gasteiger partial charge in [-0.1, -0.05) is 41.4 Å². The van der Waals surface area contributed by atoms with Crippen LogP contribution in [0.1, 0.15) is 31.7 Å². The number of nitrogens with one attached hydrogen (secondary N) is 2. The van der Waals surface area contributed by atoms with Crippen LogP contribution in [-0.2, 0) is 10.5 Å². The molecule has 19 heavy (non-hydrogen) atoms. The Morgan fingerprint density at radius 2 is 2.11 bits per heavy atom.